The van der Waals surface area contributed by atoms with Gasteiger partial charge in [-0.05, 0) is 70.0 Å². The quantitative estimate of drug-likeness (QED) is 0.188. The van der Waals surface area contributed by atoms with E-state index < -0.39 is 0 Å². The lowest BCUT2D eigenvalue weighted by atomic mass is 9.33. The SMILES string of the molecule is c1ccc(-c2cccc(-c3ccccc3)c2N2c3ccccc3N3c4ccccc4N4c5ccccc5B5c6ccccc6Nc6cc2c3c4c65)cc1. The molecule has 0 bridgehead atoms. The average Bonchev–Trinajstić information content (AvgIpc) is 3.23. The van der Waals surface area contributed by atoms with Crippen LogP contribution < -0.4 is 36.4 Å². The van der Waals surface area contributed by atoms with Crippen molar-refractivity contribution in [3.8, 4) is 22.3 Å². The maximum absolute atomic E-state index is 3.96. The van der Waals surface area contributed by atoms with E-state index in [-0.39, 0.29) is 6.71 Å². The highest BCUT2D eigenvalue weighted by atomic mass is 15.3. The van der Waals surface area contributed by atoms with E-state index in [1.54, 1.807) is 0 Å². The summed E-state index contributed by atoms with van der Waals surface area (Å²) in [5.41, 5.74) is 21.6. The molecule has 0 unspecified atom stereocenters. The van der Waals surface area contributed by atoms with Gasteiger partial charge in [0.05, 0.1) is 45.5 Å². The monoisotopic (exact) mass is 674 g/mol. The predicted molar refractivity (Wildman–Crippen MR) is 223 cm³/mol. The van der Waals surface area contributed by atoms with Crippen molar-refractivity contribution in [2.75, 3.05) is 20.0 Å². The van der Waals surface area contributed by atoms with Crippen LogP contribution in [0.15, 0.2) is 182 Å². The highest BCUT2D eigenvalue weighted by Crippen LogP contribution is 2.65. The zero-order valence-electron chi connectivity index (χ0n) is 28.7. The fourth-order valence-corrected chi connectivity index (χ4v) is 9.38. The van der Waals surface area contributed by atoms with Crippen LogP contribution in [0.2, 0.25) is 0 Å². The molecule has 4 aliphatic heterocycles. The van der Waals surface area contributed by atoms with Crippen molar-refractivity contribution in [3.63, 3.8) is 0 Å². The standard InChI is InChI=1S/C48H31BN4/c1-3-16-31(17-4-1)33-20-15-21-34(32-18-5-2-6-19-32)46(33)53-43-29-14-13-28-42(43)52-41-27-12-11-26-40(41)51-39-25-10-8-23-36(39)49-35-22-7-9-24-37(35)50-38-30-44(53)47(52)48(51)45(38)49/h1-30,50H. The van der Waals surface area contributed by atoms with E-state index >= 15 is 0 Å². The summed E-state index contributed by atoms with van der Waals surface area (Å²) < 4.78 is 0. The molecule has 0 amide bonds. The molecule has 0 fully saturated rings. The smallest absolute Gasteiger partial charge is 0.252 e. The Hall–Kier alpha value is -6.98. The van der Waals surface area contributed by atoms with E-state index in [4.69, 9.17) is 0 Å². The summed E-state index contributed by atoms with van der Waals surface area (Å²) in [4.78, 5) is 7.62. The number of benzene rings is 8. The third-order valence-electron chi connectivity index (χ3n) is 11.5. The summed E-state index contributed by atoms with van der Waals surface area (Å²) >= 11 is 0. The molecule has 4 aliphatic rings. The van der Waals surface area contributed by atoms with Gasteiger partial charge in [-0.1, -0.05) is 140 Å². The highest BCUT2D eigenvalue weighted by molar-refractivity contribution is 7.00. The first-order valence-corrected chi connectivity index (χ1v) is 18.3. The molecule has 0 aromatic heterocycles. The lowest BCUT2D eigenvalue weighted by Gasteiger charge is -2.51. The number of anilines is 11. The molecule has 4 heterocycles. The zero-order valence-corrected chi connectivity index (χ0v) is 28.7. The number of hydrogen-bond donors (Lipinski definition) is 1. The Kier molecular flexibility index (Phi) is 5.83. The van der Waals surface area contributed by atoms with Gasteiger partial charge in [-0.25, -0.2) is 0 Å². The molecule has 5 heteroatoms. The minimum Gasteiger partial charge on any atom is -0.356 e. The van der Waals surface area contributed by atoms with E-state index in [0.29, 0.717) is 0 Å². The zero-order chi connectivity index (χ0) is 34.6. The normalized spacial score (nSPS) is 13.7. The molecule has 53 heavy (non-hydrogen) atoms. The van der Waals surface area contributed by atoms with Gasteiger partial charge in [0.15, 0.2) is 0 Å². The molecule has 0 aliphatic carbocycles. The third-order valence-corrected chi connectivity index (χ3v) is 11.5. The van der Waals surface area contributed by atoms with Crippen molar-refractivity contribution in [3.05, 3.63) is 182 Å². The van der Waals surface area contributed by atoms with E-state index in [2.05, 4.69) is 202 Å². The molecule has 0 radical (unpaired) electrons. The van der Waals surface area contributed by atoms with Crippen LogP contribution >= 0.6 is 0 Å². The molecule has 8 aromatic rings. The third kappa shape index (κ3) is 3.86. The van der Waals surface area contributed by atoms with Crippen molar-refractivity contribution in [1.29, 1.82) is 0 Å². The first-order valence-electron chi connectivity index (χ1n) is 18.3. The number of para-hydroxylation sites is 7. The van der Waals surface area contributed by atoms with Crippen molar-refractivity contribution < 1.29 is 0 Å². The minimum atomic E-state index is 0.0874. The van der Waals surface area contributed by atoms with Crippen molar-refractivity contribution >= 4 is 85.7 Å². The predicted octanol–water partition coefficient (Wildman–Crippen LogP) is 10.9. The van der Waals surface area contributed by atoms with E-state index in [0.717, 1.165) is 34.1 Å². The van der Waals surface area contributed by atoms with Crippen LogP contribution in [-0.4, -0.2) is 6.71 Å². The second-order valence-electron chi connectivity index (χ2n) is 14.2. The lowest BCUT2D eigenvalue weighted by molar-refractivity contribution is 1.12. The van der Waals surface area contributed by atoms with Crippen LogP contribution in [0.25, 0.3) is 22.3 Å². The summed E-state index contributed by atoms with van der Waals surface area (Å²) in [5.74, 6) is 0. The maximum Gasteiger partial charge on any atom is 0.252 e. The molecule has 0 spiro atoms. The average molecular weight is 675 g/mol. The van der Waals surface area contributed by atoms with Gasteiger partial charge in [0, 0.05) is 28.2 Å². The van der Waals surface area contributed by atoms with Gasteiger partial charge < -0.3 is 20.0 Å². The van der Waals surface area contributed by atoms with Crippen LogP contribution in [-0.2, 0) is 0 Å². The summed E-state index contributed by atoms with van der Waals surface area (Å²) in [5, 5.41) is 3.96. The van der Waals surface area contributed by atoms with Crippen LogP contribution in [0, 0.1) is 0 Å². The molecule has 246 valence electrons. The Morgan fingerprint density at radius 1 is 0.340 bits per heavy atom. The van der Waals surface area contributed by atoms with E-state index in [9.17, 15) is 0 Å². The summed E-state index contributed by atoms with van der Waals surface area (Å²) in [6, 6.07) is 66.6. The minimum absolute atomic E-state index is 0.0874. The van der Waals surface area contributed by atoms with E-state index in [1.165, 1.54) is 67.1 Å². The largest absolute Gasteiger partial charge is 0.356 e. The second kappa shape index (κ2) is 10.8. The number of fused-ring (bicyclic) bond motifs is 10. The Balaban J connectivity index is 1.25. The van der Waals surface area contributed by atoms with Crippen LogP contribution in [0.3, 0.4) is 0 Å². The first-order chi connectivity index (χ1) is 26.3. The summed E-state index contributed by atoms with van der Waals surface area (Å²) in [6.45, 7) is 0.0874. The van der Waals surface area contributed by atoms with Gasteiger partial charge >= 0.3 is 0 Å². The van der Waals surface area contributed by atoms with Gasteiger partial charge in [0.2, 0.25) is 0 Å². The van der Waals surface area contributed by atoms with Gasteiger partial charge in [-0.2, -0.15) is 0 Å². The number of rotatable bonds is 3. The van der Waals surface area contributed by atoms with Crippen molar-refractivity contribution in [1.82, 2.24) is 0 Å². The Morgan fingerprint density at radius 2 is 0.811 bits per heavy atom. The number of nitrogens with one attached hydrogen (secondary N) is 1. The fourth-order valence-electron chi connectivity index (χ4n) is 9.38. The van der Waals surface area contributed by atoms with Crippen molar-refractivity contribution in [2.24, 2.45) is 0 Å². The molecule has 1 N–H and O–H groups in total. The molecule has 12 rings (SSSR count). The molecule has 0 atom stereocenters. The number of nitrogens with zero attached hydrogens (tertiary/aromatic N) is 3. The maximum atomic E-state index is 3.96. The summed E-state index contributed by atoms with van der Waals surface area (Å²) in [6.07, 6.45) is 0. The Labute approximate surface area is 308 Å². The topological polar surface area (TPSA) is 21.8 Å². The lowest BCUT2D eigenvalue weighted by Crippen LogP contribution is -2.61. The highest BCUT2D eigenvalue weighted by Gasteiger charge is 2.48. The Bertz CT molecular complexity index is 2730. The molecule has 4 nitrogen and oxygen atoms in total. The molecular formula is C48H31BN4. The first kappa shape index (κ1) is 28.7. The van der Waals surface area contributed by atoms with Gasteiger partial charge in [0.1, 0.15) is 0 Å². The van der Waals surface area contributed by atoms with Gasteiger partial charge in [0.25, 0.3) is 6.71 Å². The van der Waals surface area contributed by atoms with Crippen LogP contribution in [0.5, 0.6) is 0 Å². The van der Waals surface area contributed by atoms with E-state index in [1.807, 2.05) is 0 Å². The van der Waals surface area contributed by atoms with Crippen molar-refractivity contribution in [2.45, 2.75) is 0 Å². The summed E-state index contributed by atoms with van der Waals surface area (Å²) in [7, 11) is 0. The van der Waals surface area contributed by atoms with Gasteiger partial charge in [-0.15, -0.1) is 0 Å². The molecule has 8 aromatic carbocycles. The Morgan fingerprint density at radius 3 is 1.42 bits per heavy atom. The molecular weight excluding hydrogens is 643 g/mol. The second-order valence-corrected chi connectivity index (χ2v) is 14.2. The van der Waals surface area contributed by atoms with Crippen LogP contribution in [0.4, 0.5) is 62.6 Å². The molecule has 0 saturated carbocycles. The number of hydrogen-bond acceptors (Lipinski definition) is 4. The molecule has 0 saturated heterocycles. The van der Waals surface area contributed by atoms with Gasteiger partial charge in [-0.3, -0.25) is 0 Å². The van der Waals surface area contributed by atoms with Crippen LogP contribution in [0.1, 0.15) is 0 Å². The fraction of sp³-hybridized carbons (Fsp3) is 0.